The Kier molecular flexibility index (Phi) is 2.35. The molecule has 3 heteroatoms. The highest BCUT2D eigenvalue weighted by atomic mass is 16.3. The highest BCUT2D eigenvalue weighted by Crippen LogP contribution is 2.26. The minimum atomic E-state index is -0.0877. The fraction of sp³-hybridized carbons (Fsp3) is 1.00. The largest absolute Gasteiger partial charge is 0.391 e. The standard InChI is InChI=1S/C9H18N2O/c10-7-4-5-11(6-7)8-2-1-3-9(8)12/h7-9,12H,1-6,10H2. The number of nitrogens with two attached hydrogens (primary N) is 1. The first-order chi connectivity index (χ1) is 5.77. The van der Waals surface area contributed by atoms with Crippen molar-refractivity contribution in [1.82, 2.24) is 4.90 Å². The minimum Gasteiger partial charge on any atom is -0.391 e. The Morgan fingerprint density at radius 1 is 1.25 bits per heavy atom. The van der Waals surface area contributed by atoms with Gasteiger partial charge in [0.25, 0.3) is 0 Å². The molecule has 0 spiro atoms. The third-order valence-corrected chi connectivity index (χ3v) is 3.17. The summed E-state index contributed by atoms with van der Waals surface area (Å²) < 4.78 is 0. The molecule has 70 valence electrons. The van der Waals surface area contributed by atoms with Gasteiger partial charge in [-0.3, -0.25) is 4.90 Å². The second-order valence-corrected chi connectivity index (χ2v) is 4.11. The first-order valence-corrected chi connectivity index (χ1v) is 4.95. The van der Waals surface area contributed by atoms with Crippen molar-refractivity contribution < 1.29 is 5.11 Å². The molecule has 1 saturated heterocycles. The van der Waals surface area contributed by atoms with Gasteiger partial charge in [0.05, 0.1) is 6.10 Å². The molecule has 1 aliphatic heterocycles. The third kappa shape index (κ3) is 1.49. The Hall–Kier alpha value is -0.120. The maximum Gasteiger partial charge on any atom is 0.0695 e. The average Bonchev–Trinajstić information content (AvgIpc) is 2.58. The van der Waals surface area contributed by atoms with Crippen LogP contribution in [0.2, 0.25) is 0 Å². The summed E-state index contributed by atoms with van der Waals surface area (Å²) >= 11 is 0. The van der Waals surface area contributed by atoms with Gasteiger partial charge in [-0.2, -0.15) is 0 Å². The van der Waals surface area contributed by atoms with Crippen molar-refractivity contribution in [1.29, 1.82) is 0 Å². The van der Waals surface area contributed by atoms with Gasteiger partial charge in [-0.1, -0.05) is 0 Å². The van der Waals surface area contributed by atoms with E-state index in [9.17, 15) is 5.11 Å². The first kappa shape index (κ1) is 8.48. The van der Waals surface area contributed by atoms with Gasteiger partial charge in [-0.15, -0.1) is 0 Å². The number of likely N-dealkylation sites (tertiary alicyclic amines) is 1. The molecular formula is C9H18N2O. The predicted octanol–water partition coefficient (Wildman–Crippen LogP) is -0.0672. The summed E-state index contributed by atoms with van der Waals surface area (Å²) in [4.78, 5) is 2.36. The van der Waals surface area contributed by atoms with Gasteiger partial charge in [0, 0.05) is 25.2 Å². The summed E-state index contributed by atoms with van der Waals surface area (Å²) in [6, 6.07) is 0.761. The number of aliphatic hydroxyl groups is 1. The van der Waals surface area contributed by atoms with Crippen LogP contribution in [-0.2, 0) is 0 Å². The first-order valence-electron chi connectivity index (χ1n) is 4.95. The van der Waals surface area contributed by atoms with Crippen molar-refractivity contribution >= 4 is 0 Å². The van der Waals surface area contributed by atoms with E-state index < -0.39 is 0 Å². The molecule has 0 aromatic heterocycles. The molecule has 1 aliphatic carbocycles. The molecule has 0 amide bonds. The monoisotopic (exact) mass is 170 g/mol. The van der Waals surface area contributed by atoms with Gasteiger partial charge < -0.3 is 10.8 Å². The normalized spacial score (nSPS) is 44.0. The molecule has 3 N–H and O–H groups in total. The van der Waals surface area contributed by atoms with Crippen molar-refractivity contribution in [3.05, 3.63) is 0 Å². The van der Waals surface area contributed by atoms with Crippen LogP contribution in [0.25, 0.3) is 0 Å². The molecule has 3 unspecified atom stereocenters. The van der Waals surface area contributed by atoms with Crippen molar-refractivity contribution in [2.75, 3.05) is 13.1 Å². The Balaban J connectivity index is 1.91. The van der Waals surface area contributed by atoms with Gasteiger partial charge in [-0.25, -0.2) is 0 Å². The predicted molar refractivity (Wildman–Crippen MR) is 47.8 cm³/mol. The zero-order valence-corrected chi connectivity index (χ0v) is 7.45. The van der Waals surface area contributed by atoms with Crippen LogP contribution in [0.4, 0.5) is 0 Å². The maximum atomic E-state index is 9.65. The Labute approximate surface area is 73.5 Å². The number of hydrogen-bond acceptors (Lipinski definition) is 3. The molecule has 2 rings (SSSR count). The van der Waals surface area contributed by atoms with Crippen molar-refractivity contribution in [2.45, 2.75) is 43.9 Å². The fourth-order valence-electron chi connectivity index (χ4n) is 2.46. The zero-order chi connectivity index (χ0) is 8.55. The molecule has 2 aliphatic rings. The quantitative estimate of drug-likeness (QED) is 0.579. The molecule has 1 heterocycles. The lowest BCUT2D eigenvalue weighted by molar-refractivity contribution is 0.0846. The lowest BCUT2D eigenvalue weighted by Gasteiger charge is -2.26. The maximum absolute atomic E-state index is 9.65. The molecule has 0 aromatic rings. The number of rotatable bonds is 1. The smallest absolute Gasteiger partial charge is 0.0695 e. The van der Waals surface area contributed by atoms with Crippen LogP contribution >= 0.6 is 0 Å². The van der Waals surface area contributed by atoms with E-state index in [1.54, 1.807) is 0 Å². The number of hydrogen-bond donors (Lipinski definition) is 2. The van der Waals surface area contributed by atoms with Crippen LogP contribution < -0.4 is 5.73 Å². The summed E-state index contributed by atoms with van der Waals surface area (Å²) in [5.41, 5.74) is 5.81. The van der Waals surface area contributed by atoms with Crippen molar-refractivity contribution in [3.8, 4) is 0 Å². The van der Waals surface area contributed by atoms with Crippen LogP contribution in [0.3, 0.4) is 0 Å². The Bertz CT molecular complexity index is 163. The molecule has 0 radical (unpaired) electrons. The van der Waals surface area contributed by atoms with Crippen molar-refractivity contribution in [3.63, 3.8) is 0 Å². The topological polar surface area (TPSA) is 49.5 Å². The van der Waals surface area contributed by atoms with E-state index in [0.717, 1.165) is 32.4 Å². The summed E-state index contributed by atoms with van der Waals surface area (Å²) in [5, 5.41) is 9.65. The van der Waals surface area contributed by atoms with E-state index in [1.165, 1.54) is 6.42 Å². The highest BCUT2D eigenvalue weighted by molar-refractivity contribution is 4.90. The van der Waals surface area contributed by atoms with E-state index in [-0.39, 0.29) is 6.10 Å². The third-order valence-electron chi connectivity index (χ3n) is 3.17. The fourth-order valence-corrected chi connectivity index (χ4v) is 2.46. The zero-order valence-electron chi connectivity index (χ0n) is 7.45. The average molecular weight is 170 g/mol. The van der Waals surface area contributed by atoms with Crippen LogP contribution in [0, 0.1) is 0 Å². The van der Waals surface area contributed by atoms with Crippen molar-refractivity contribution in [2.24, 2.45) is 5.73 Å². The summed E-state index contributed by atoms with van der Waals surface area (Å²) in [6.07, 6.45) is 4.33. The van der Waals surface area contributed by atoms with E-state index in [0.29, 0.717) is 12.1 Å². The molecule has 3 nitrogen and oxygen atoms in total. The van der Waals surface area contributed by atoms with Gasteiger partial charge in [0.1, 0.15) is 0 Å². The van der Waals surface area contributed by atoms with Crippen LogP contribution in [0.5, 0.6) is 0 Å². The summed E-state index contributed by atoms with van der Waals surface area (Å²) in [7, 11) is 0. The molecule has 0 bridgehead atoms. The number of nitrogens with zero attached hydrogens (tertiary/aromatic N) is 1. The van der Waals surface area contributed by atoms with Gasteiger partial charge in [0.15, 0.2) is 0 Å². The van der Waals surface area contributed by atoms with E-state index in [2.05, 4.69) is 4.90 Å². The lowest BCUT2D eigenvalue weighted by atomic mass is 10.2. The lowest BCUT2D eigenvalue weighted by Crippen LogP contribution is -2.40. The highest BCUT2D eigenvalue weighted by Gasteiger charge is 2.33. The van der Waals surface area contributed by atoms with E-state index in [4.69, 9.17) is 5.73 Å². The number of aliphatic hydroxyl groups excluding tert-OH is 1. The molecule has 3 atom stereocenters. The SMILES string of the molecule is NC1CCN(C2CCCC2O)C1. The molecule has 12 heavy (non-hydrogen) atoms. The molecule has 0 aromatic carbocycles. The minimum absolute atomic E-state index is 0.0877. The molecular weight excluding hydrogens is 152 g/mol. The summed E-state index contributed by atoms with van der Waals surface area (Å²) in [6.45, 7) is 2.07. The second-order valence-electron chi connectivity index (χ2n) is 4.11. The van der Waals surface area contributed by atoms with E-state index in [1.807, 2.05) is 0 Å². The molecule has 2 fully saturated rings. The van der Waals surface area contributed by atoms with Gasteiger partial charge in [-0.05, 0) is 25.7 Å². The molecule has 1 saturated carbocycles. The van der Waals surface area contributed by atoms with Gasteiger partial charge in [0.2, 0.25) is 0 Å². The van der Waals surface area contributed by atoms with E-state index >= 15 is 0 Å². The Morgan fingerprint density at radius 2 is 2.08 bits per heavy atom. The van der Waals surface area contributed by atoms with Crippen LogP contribution in [-0.4, -0.2) is 41.3 Å². The second kappa shape index (κ2) is 3.32. The van der Waals surface area contributed by atoms with Gasteiger partial charge >= 0.3 is 0 Å². The summed E-state index contributed by atoms with van der Waals surface area (Å²) in [5.74, 6) is 0. The van der Waals surface area contributed by atoms with Crippen LogP contribution in [0.15, 0.2) is 0 Å². The van der Waals surface area contributed by atoms with Crippen LogP contribution in [0.1, 0.15) is 25.7 Å². The Morgan fingerprint density at radius 3 is 2.58 bits per heavy atom.